The van der Waals surface area contributed by atoms with Crippen molar-refractivity contribution >= 4 is 5.71 Å². The Morgan fingerprint density at radius 3 is 2.90 bits per heavy atom. The van der Waals surface area contributed by atoms with Crippen LogP contribution in [0.5, 0.6) is 0 Å². The standard InChI is InChI=1S/C8H14N2/c1-3-7-5-4-6-8(7)10-9-2/h3,9H,4-6H2,1-2H3/b7-3-,10-8-. The van der Waals surface area contributed by atoms with E-state index in [1.807, 2.05) is 7.05 Å². The fraction of sp³-hybridized carbons (Fsp3) is 0.625. The maximum absolute atomic E-state index is 4.17. The molecule has 1 rings (SSSR count). The van der Waals surface area contributed by atoms with Crippen molar-refractivity contribution in [3.05, 3.63) is 11.6 Å². The maximum atomic E-state index is 4.17. The minimum Gasteiger partial charge on any atom is -0.313 e. The van der Waals surface area contributed by atoms with Crippen LogP contribution in [0.1, 0.15) is 26.2 Å². The van der Waals surface area contributed by atoms with E-state index >= 15 is 0 Å². The molecule has 0 atom stereocenters. The van der Waals surface area contributed by atoms with Crippen LogP contribution in [-0.4, -0.2) is 12.8 Å². The minimum atomic E-state index is 1.14. The first-order valence-corrected chi connectivity index (χ1v) is 3.77. The average Bonchev–Trinajstić information content (AvgIpc) is 2.36. The minimum absolute atomic E-state index is 1.14. The zero-order valence-corrected chi connectivity index (χ0v) is 6.65. The Labute approximate surface area is 62.0 Å². The zero-order chi connectivity index (χ0) is 7.40. The molecule has 10 heavy (non-hydrogen) atoms. The molecular formula is C8H14N2. The number of allylic oxidation sites excluding steroid dienone is 2. The molecule has 1 saturated carbocycles. The number of nitrogens with one attached hydrogen (secondary N) is 1. The lowest BCUT2D eigenvalue weighted by molar-refractivity contribution is 0.889. The van der Waals surface area contributed by atoms with Crippen molar-refractivity contribution in [1.82, 2.24) is 5.43 Å². The molecule has 1 N–H and O–H groups in total. The predicted molar refractivity (Wildman–Crippen MR) is 44.1 cm³/mol. The molecule has 0 aromatic rings. The van der Waals surface area contributed by atoms with Crippen molar-refractivity contribution in [2.45, 2.75) is 26.2 Å². The van der Waals surface area contributed by atoms with Crippen LogP contribution in [0.3, 0.4) is 0 Å². The van der Waals surface area contributed by atoms with Crippen LogP contribution < -0.4 is 5.43 Å². The highest BCUT2D eigenvalue weighted by molar-refractivity contribution is 6.01. The van der Waals surface area contributed by atoms with Gasteiger partial charge in [-0.1, -0.05) is 6.08 Å². The number of hydrazone groups is 1. The Hall–Kier alpha value is -0.790. The summed E-state index contributed by atoms with van der Waals surface area (Å²) in [5.41, 5.74) is 5.47. The Kier molecular flexibility index (Phi) is 2.49. The lowest BCUT2D eigenvalue weighted by Crippen LogP contribution is -2.02. The molecule has 0 heterocycles. The molecule has 0 unspecified atom stereocenters. The number of hydrogen-bond donors (Lipinski definition) is 1. The Bertz CT molecular complexity index is 168. The van der Waals surface area contributed by atoms with Gasteiger partial charge in [-0.2, -0.15) is 5.10 Å². The van der Waals surface area contributed by atoms with Crippen LogP contribution in [0.2, 0.25) is 0 Å². The quantitative estimate of drug-likeness (QED) is 0.548. The van der Waals surface area contributed by atoms with Gasteiger partial charge in [-0.15, -0.1) is 0 Å². The van der Waals surface area contributed by atoms with Gasteiger partial charge in [0.2, 0.25) is 0 Å². The Balaban J connectivity index is 2.68. The third-order valence-corrected chi connectivity index (χ3v) is 1.83. The first-order chi connectivity index (χ1) is 4.88. The van der Waals surface area contributed by atoms with Gasteiger partial charge in [0, 0.05) is 7.05 Å². The highest BCUT2D eigenvalue weighted by atomic mass is 15.3. The fourth-order valence-corrected chi connectivity index (χ4v) is 1.32. The summed E-state index contributed by atoms with van der Waals surface area (Å²) in [5.74, 6) is 0. The van der Waals surface area contributed by atoms with Gasteiger partial charge >= 0.3 is 0 Å². The summed E-state index contributed by atoms with van der Waals surface area (Å²) in [4.78, 5) is 0. The summed E-state index contributed by atoms with van der Waals surface area (Å²) in [5, 5.41) is 4.17. The van der Waals surface area contributed by atoms with Gasteiger partial charge in [0.05, 0.1) is 5.71 Å². The summed E-state index contributed by atoms with van der Waals surface area (Å²) >= 11 is 0. The van der Waals surface area contributed by atoms with Gasteiger partial charge in [0.25, 0.3) is 0 Å². The number of hydrogen-bond acceptors (Lipinski definition) is 2. The third kappa shape index (κ3) is 1.38. The van der Waals surface area contributed by atoms with Crippen LogP contribution >= 0.6 is 0 Å². The summed E-state index contributed by atoms with van der Waals surface area (Å²) < 4.78 is 0. The maximum Gasteiger partial charge on any atom is 0.0631 e. The van der Waals surface area contributed by atoms with Gasteiger partial charge in [-0.05, 0) is 31.8 Å². The lowest BCUT2D eigenvalue weighted by atomic mass is 10.2. The molecule has 0 bridgehead atoms. The fourth-order valence-electron chi connectivity index (χ4n) is 1.32. The molecule has 0 aromatic carbocycles. The van der Waals surface area contributed by atoms with Crippen LogP contribution in [0.15, 0.2) is 16.8 Å². The third-order valence-electron chi connectivity index (χ3n) is 1.83. The van der Waals surface area contributed by atoms with E-state index in [0.29, 0.717) is 0 Å². The molecular weight excluding hydrogens is 124 g/mol. The molecule has 56 valence electrons. The second-order valence-corrected chi connectivity index (χ2v) is 2.45. The SMILES string of the molecule is C/C=C1/CCC/C1=N/NC. The first kappa shape index (κ1) is 7.32. The molecule has 0 radical (unpaired) electrons. The van der Waals surface area contributed by atoms with Gasteiger partial charge < -0.3 is 5.43 Å². The van der Waals surface area contributed by atoms with Crippen molar-refractivity contribution in [3.63, 3.8) is 0 Å². The van der Waals surface area contributed by atoms with Gasteiger partial charge in [-0.3, -0.25) is 0 Å². The molecule has 0 aromatic heterocycles. The van der Waals surface area contributed by atoms with Gasteiger partial charge in [0.15, 0.2) is 0 Å². The van der Waals surface area contributed by atoms with Crippen LogP contribution in [0.25, 0.3) is 0 Å². The van der Waals surface area contributed by atoms with E-state index in [9.17, 15) is 0 Å². The van der Waals surface area contributed by atoms with Crippen molar-refractivity contribution in [1.29, 1.82) is 0 Å². The second kappa shape index (κ2) is 3.40. The first-order valence-electron chi connectivity index (χ1n) is 3.77. The largest absolute Gasteiger partial charge is 0.313 e. The molecule has 2 nitrogen and oxygen atoms in total. The molecule has 0 spiro atoms. The van der Waals surface area contributed by atoms with E-state index in [0.717, 1.165) is 6.42 Å². The van der Waals surface area contributed by atoms with Crippen molar-refractivity contribution in [3.8, 4) is 0 Å². The summed E-state index contributed by atoms with van der Waals surface area (Å²) in [7, 11) is 1.85. The molecule has 0 saturated heterocycles. The normalized spacial score (nSPS) is 26.2. The van der Waals surface area contributed by atoms with E-state index in [1.54, 1.807) is 0 Å². The highest BCUT2D eigenvalue weighted by Gasteiger charge is 2.13. The number of nitrogens with zero attached hydrogens (tertiary/aromatic N) is 1. The molecule has 0 amide bonds. The molecule has 1 aliphatic rings. The van der Waals surface area contributed by atoms with E-state index in [1.165, 1.54) is 24.1 Å². The van der Waals surface area contributed by atoms with Crippen molar-refractivity contribution in [2.24, 2.45) is 5.10 Å². The monoisotopic (exact) mass is 138 g/mol. The molecule has 1 fully saturated rings. The van der Waals surface area contributed by atoms with E-state index in [2.05, 4.69) is 23.5 Å². The predicted octanol–water partition coefficient (Wildman–Crippen LogP) is 1.69. The van der Waals surface area contributed by atoms with Crippen molar-refractivity contribution < 1.29 is 0 Å². The second-order valence-electron chi connectivity index (χ2n) is 2.45. The Morgan fingerprint density at radius 1 is 1.50 bits per heavy atom. The zero-order valence-electron chi connectivity index (χ0n) is 6.65. The number of rotatable bonds is 1. The van der Waals surface area contributed by atoms with E-state index in [4.69, 9.17) is 0 Å². The van der Waals surface area contributed by atoms with Crippen LogP contribution in [0, 0.1) is 0 Å². The van der Waals surface area contributed by atoms with Gasteiger partial charge in [0.1, 0.15) is 0 Å². The molecule has 1 aliphatic carbocycles. The van der Waals surface area contributed by atoms with Crippen LogP contribution in [0.4, 0.5) is 0 Å². The lowest BCUT2D eigenvalue weighted by Gasteiger charge is -1.96. The summed E-state index contributed by atoms with van der Waals surface area (Å²) in [6.07, 6.45) is 5.76. The highest BCUT2D eigenvalue weighted by Crippen LogP contribution is 2.20. The van der Waals surface area contributed by atoms with E-state index in [-0.39, 0.29) is 0 Å². The summed E-state index contributed by atoms with van der Waals surface area (Å²) in [6, 6.07) is 0. The topological polar surface area (TPSA) is 24.4 Å². The molecule has 0 aliphatic heterocycles. The Morgan fingerprint density at radius 2 is 2.30 bits per heavy atom. The smallest absolute Gasteiger partial charge is 0.0631 e. The average molecular weight is 138 g/mol. The molecule has 2 heteroatoms. The van der Waals surface area contributed by atoms with Crippen molar-refractivity contribution in [2.75, 3.05) is 7.05 Å². The van der Waals surface area contributed by atoms with Gasteiger partial charge in [-0.25, -0.2) is 0 Å². The van der Waals surface area contributed by atoms with E-state index < -0.39 is 0 Å². The van der Waals surface area contributed by atoms with Crippen LogP contribution in [-0.2, 0) is 0 Å². The summed E-state index contributed by atoms with van der Waals surface area (Å²) in [6.45, 7) is 2.08.